The molecule has 0 saturated carbocycles. The molecule has 0 fully saturated rings. The molecule has 2 aromatic carbocycles. The maximum Gasteiger partial charge on any atom is 0.258 e. The van der Waals surface area contributed by atoms with Gasteiger partial charge in [-0.15, -0.1) is 16.4 Å². The van der Waals surface area contributed by atoms with E-state index in [1.165, 1.54) is 23.7 Å². The Hall–Kier alpha value is -4.63. The molecular weight excluding hydrogens is 460 g/mol. The monoisotopic (exact) mass is 480 g/mol. The van der Waals surface area contributed by atoms with Crippen molar-refractivity contribution in [3.05, 3.63) is 101 Å². The minimum atomic E-state index is -0.420. The highest BCUT2D eigenvalue weighted by molar-refractivity contribution is 7.17. The molecule has 0 saturated heterocycles. The number of benzene rings is 2. The third kappa shape index (κ3) is 4.85. The van der Waals surface area contributed by atoms with E-state index in [0.717, 1.165) is 21.3 Å². The van der Waals surface area contributed by atoms with E-state index in [-0.39, 0.29) is 11.5 Å². The van der Waals surface area contributed by atoms with E-state index in [0.29, 0.717) is 22.9 Å². The fourth-order valence-electron chi connectivity index (χ4n) is 3.52. The van der Waals surface area contributed by atoms with Gasteiger partial charge < -0.3 is 16.0 Å². The molecular formula is C26H20N6O2S. The summed E-state index contributed by atoms with van der Waals surface area (Å²) in [5, 5.41) is 19.2. The molecule has 0 aliphatic rings. The Morgan fingerprint density at radius 1 is 0.886 bits per heavy atom. The number of anilines is 4. The van der Waals surface area contributed by atoms with Crippen LogP contribution in [0.2, 0.25) is 0 Å². The molecule has 0 bridgehead atoms. The molecule has 3 aromatic heterocycles. The summed E-state index contributed by atoms with van der Waals surface area (Å²) in [5.74, 6) is 0.0265. The van der Waals surface area contributed by atoms with E-state index in [1.54, 1.807) is 18.2 Å². The lowest BCUT2D eigenvalue weighted by molar-refractivity contribution is 0.101. The number of amides is 2. The minimum absolute atomic E-state index is 0.261. The Labute approximate surface area is 205 Å². The highest BCUT2D eigenvalue weighted by Crippen LogP contribution is 2.30. The van der Waals surface area contributed by atoms with Gasteiger partial charge in [-0.2, -0.15) is 5.10 Å². The highest BCUT2D eigenvalue weighted by atomic mass is 32.1. The summed E-state index contributed by atoms with van der Waals surface area (Å²) in [4.78, 5) is 30.5. The fraction of sp³-hybridized carbons (Fsp3) is 0.0385. The largest absolute Gasteiger partial charge is 0.338 e. The van der Waals surface area contributed by atoms with Crippen LogP contribution >= 0.6 is 11.3 Å². The summed E-state index contributed by atoms with van der Waals surface area (Å²) in [6.45, 7) is 1.97. The second-order valence-electron chi connectivity index (χ2n) is 7.72. The molecule has 0 aliphatic heterocycles. The number of fused-ring (bicyclic) bond motifs is 1. The van der Waals surface area contributed by atoms with Crippen LogP contribution in [0, 0.1) is 6.92 Å². The lowest BCUT2D eigenvalue weighted by Gasteiger charge is -2.15. The van der Waals surface area contributed by atoms with Gasteiger partial charge >= 0.3 is 0 Å². The first-order valence-electron chi connectivity index (χ1n) is 10.8. The maximum atomic E-state index is 13.3. The van der Waals surface area contributed by atoms with Crippen LogP contribution in [0.3, 0.4) is 0 Å². The molecule has 3 N–H and O–H groups in total. The van der Waals surface area contributed by atoms with Crippen molar-refractivity contribution in [2.24, 2.45) is 0 Å². The number of para-hydroxylation sites is 1. The standard InChI is InChI=1S/C26H20N6O2S/c1-16-7-2-4-9-20(16)29-24-21(30-26(34)19-15-35-22-10-5-3-8-18(19)22)13-17(14-27-24)25(33)31-23-11-6-12-28-32-23/h2-15H,1H3,(H,27,29)(H,30,34)(H,31,32,33). The van der Waals surface area contributed by atoms with Crippen LogP contribution in [0.4, 0.5) is 23.0 Å². The number of hydrogen-bond donors (Lipinski definition) is 3. The predicted molar refractivity (Wildman–Crippen MR) is 138 cm³/mol. The third-order valence-electron chi connectivity index (χ3n) is 5.34. The Kier molecular flexibility index (Phi) is 6.15. The quantitative estimate of drug-likeness (QED) is 0.290. The maximum absolute atomic E-state index is 13.3. The number of nitrogens with one attached hydrogen (secondary N) is 3. The van der Waals surface area contributed by atoms with Crippen LogP contribution in [-0.2, 0) is 0 Å². The zero-order valence-electron chi connectivity index (χ0n) is 18.6. The second kappa shape index (κ2) is 9.70. The topological polar surface area (TPSA) is 109 Å². The van der Waals surface area contributed by atoms with Crippen molar-refractivity contribution in [1.82, 2.24) is 15.2 Å². The third-order valence-corrected chi connectivity index (χ3v) is 6.30. The van der Waals surface area contributed by atoms with Crippen molar-refractivity contribution in [1.29, 1.82) is 0 Å². The van der Waals surface area contributed by atoms with Gasteiger partial charge in [0.1, 0.15) is 0 Å². The number of hydrogen-bond acceptors (Lipinski definition) is 7. The Balaban J connectivity index is 1.48. The Morgan fingerprint density at radius 2 is 1.71 bits per heavy atom. The molecule has 0 radical (unpaired) electrons. The summed E-state index contributed by atoms with van der Waals surface area (Å²) >= 11 is 1.50. The number of aryl methyl sites for hydroxylation is 1. The van der Waals surface area contributed by atoms with Crippen LogP contribution in [0.1, 0.15) is 26.3 Å². The van der Waals surface area contributed by atoms with Gasteiger partial charge in [0.15, 0.2) is 11.6 Å². The molecule has 0 spiro atoms. The van der Waals surface area contributed by atoms with Crippen LogP contribution in [0.25, 0.3) is 10.1 Å². The van der Waals surface area contributed by atoms with Crippen LogP contribution in [-0.4, -0.2) is 27.0 Å². The average molecular weight is 481 g/mol. The molecule has 8 nitrogen and oxygen atoms in total. The Bertz CT molecular complexity index is 1530. The van der Waals surface area contributed by atoms with Gasteiger partial charge in [0, 0.05) is 33.5 Å². The van der Waals surface area contributed by atoms with E-state index in [4.69, 9.17) is 0 Å². The molecule has 3 heterocycles. The van der Waals surface area contributed by atoms with Gasteiger partial charge in [-0.1, -0.05) is 36.4 Å². The summed E-state index contributed by atoms with van der Waals surface area (Å²) in [5.41, 5.74) is 3.05. The zero-order chi connectivity index (χ0) is 24.2. The molecule has 0 unspecified atom stereocenters. The zero-order valence-corrected chi connectivity index (χ0v) is 19.5. The van der Waals surface area contributed by atoms with Gasteiger partial charge in [0.2, 0.25) is 0 Å². The van der Waals surface area contributed by atoms with Crippen molar-refractivity contribution in [3.63, 3.8) is 0 Å². The normalized spacial score (nSPS) is 10.7. The summed E-state index contributed by atoms with van der Waals surface area (Å²) in [7, 11) is 0. The number of carbonyl (C=O) groups is 2. The summed E-state index contributed by atoms with van der Waals surface area (Å²) in [6.07, 6.45) is 2.97. The van der Waals surface area contributed by atoms with E-state index in [2.05, 4.69) is 31.1 Å². The van der Waals surface area contributed by atoms with Gasteiger partial charge in [0.25, 0.3) is 11.8 Å². The first kappa shape index (κ1) is 22.2. The molecule has 0 atom stereocenters. The number of aromatic nitrogens is 3. The molecule has 5 rings (SSSR count). The number of nitrogens with zero attached hydrogens (tertiary/aromatic N) is 3. The van der Waals surface area contributed by atoms with Gasteiger partial charge in [-0.05, 0) is 42.8 Å². The summed E-state index contributed by atoms with van der Waals surface area (Å²) in [6, 6.07) is 20.4. The second-order valence-corrected chi connectivity index (χ2v) is 8.63. The smallest absolute Gasteiger partial charge is 0.258 e. The van der Waals surface area contributed by atoms with Crippen molar-refractivity contribution < 1.29 is 9.59 Å². The van der Waals surface area contributed by atoms with E-state index in [9.17, 15) is 9.59 Å². The molecule has 0 aliphatic carbocycles. The first-order valence-corrected chi connectivity index (χ1v) is 11.7. The molecule has 5 aromatic rings. The molecule has 35 heavy (non-hydrogen) atoms. The van der Waals surface area contributed by atoms with E-state index >= 15 is 0 Å². The van der Waals surface area contributed by atoms with E-state index < -0.39 is 5.91 Å². The first-order chi connectivity index (χ1) is 17.1. The predicted octanol–water partition coefficient (Wildman–Crippen LogP) is 5.64. The van der Waals surface area contributed by atoms with Gasteiger partial charge in [-0.3, -0.25) is 9.59 Å². The SMILES string of the molecule is Cc1ccccc1Nc1ncc(C(=O)Nc2cccnn2)cc1NC(=O)c1csc2ccccc12. The molecule has 9 heteroatoms. The lowest BCUT2D eigenvalue weighted by Crippen LogP contribution is -2.17. The van der Waals surface area contributed by atoms with Crippen molar-refractivity contribution in [3.8, 4) is 0 Å². The number of rotatable bonds is 6. The highest BCUT2D eigenvalue weighted by Gasteiger charge is 2.18. The number of pyridine rings is 1. The van der Waals surface area contributed by atoms with Crippen LogP contribution in [0.5, 0.6) is 0 Å². The van der Waals surface area contributed by atoms with Gasteiger partial charge in [-0.25, -0.2) is 4.98 Å². The van der Waals surface area contributed by atoms with Crippen molar-refractivity contribution in [2.45, 2.75) is 6.92 Å². The minimum Gasteiger partial charge on any atom is -0.338 e. The molecule has 2 amide bonds. The average Bonchev–Trinajstić information content (AvgIpc) is 3.31. The fourth-order valence-corrected chi connectivity index (χ4v) is 4.47. The van der Waals surface area contributed by atoms with Crippen LogP contribution in [0.15, 0.2) is 84.5 Å². The van der Waals surface area contributed by atoms with Crippen molar-refractivity contribution >= 4 is 56.2 Å². The summed E-state index contributed by atoms with van der Waals surface area (Å²) < 4.78 is 1.02. The number of thiophene rings is 1. The van der Waals surface area contributed by atoms with Crippen LogP contribution < -0.4 is 16.0 Å². The Morgan fingerprint density at radius 3 is 2.54 bits per heavy atom. The van der Waals surface area contributed by atoms with E-state index in [1.807, 2.05) is 60.8 Å². The van der Waals surface area contributed by atoms with Crippen molar-refractivity contribution in [2.75, 3.05) is 16.0 Å². The van der Waals surface area contributed by atoms with Gasteiger partial charge in [0.05, 0.1) is 16.8 Å². The number of carbonyl (C=O) groups excluding carboxylic acids is 2. The molecule has 172 valence electrons. The lowest BCUT2D eigenvalue weighted by atomic mass is 10.1.